The molecule has 0 bridgehead atoms. The number of aromatic nitrogens is 5. The number of hydrogen-bond acceptors (Lipinski definition) is 10. The lowest BCUT2D eigenvalue weighted by molar-refractivity contribution is -0.160. The molecule has 5 aromatic rings. The number of anilines is 2. The summed E-state index contributed by atoms with van der Waals surface area (Å²) in [4.78, 5) is 31.4. The quantitative estimate of drug-likeness (QED) is 0.192. The highest BCUT2D eigenvalue weighted by Crippen LogP contribution is 2.61. The van der Waals surface area contributed by atoms with Crippen molar-refractivity contribution in [3.8, 4) is 22.0 Å². The molecule has 0 unspecified atom stereocenters. The van der Waals surface area contributed by atoms with Gasteiger partial charge in [-0.25, -0.2) is 24.3 Å². The normalized spacial score (nSPS) is 18.7. The summed E-state index contributed by atoms with van der Waals surface area (Å²) in [6.45, 7) is 0. The molecule has 1 aliphatic heterocycles. The third kappa shape index (κ3) is 4.90. The highest BCUT2D eigenvalue weighted by molar-refractivity contribution is 7.15. The van der Waals surface area contributed by atoms with Crippen molar-refractivity contribution in [1.29, 1.82) is 0 Å². The number of thiazole rings is 1. The van der Waals surface area contributed by atoms with Gasteiger partial charge in [0, 0.05) is 35.0 Å². The topological polar surface area (TPSA) is 131 Å². The summed E-state index contributed by atoms with van der Waals surface area (Å²) < 4.78 is 63.0. The summed E-state index contributed by atoms with van der Waals surface area (Å²) >= 11 is 0.893. The van der Waals surface area contributed by atoms with Crippen LogP contribution < -0.4 is 10.6 Å². The van der Waals surface area contributed by atoms with Gasteiger partial charge in [-0.2, -0.15) is 13.2 Å². The molecule has 0 radical (unpaired) electrons. The Kier molecular flexibility index (Phi) is 6.49. The number of nitrogens with one attached hydrogen (secondary N) is 2. The predicted octanol–water partition coefficient (Wildman–Crippen LogP) is 6.49. The molecule has 0 saturated heterocycles. The minimum Gasteiger partial charge on any atom is -0.402 e. The van der Waals surface area contributed by atoms with Gasteiger partial charge < -0.3 is 15.1 Å². The fraction of sp³-hybridized carbons (Fsp3) is 0.258. The van der Waals surface area contributed by atoms with Crippen LogP contribution in [0.4, 0.5) is 29.3 Å². The number of fused-ring (bicyclic) bond motifs is 1. The van der Waals surface area contributed by atoms with Crippen LogP contribution in [-0.4, -0.2) is 49.1 Å². The summed E-state index contributed by atoms with van der Waals surface area (Å²) in [6.07, 6.45) is -0.824. The third-order valence-electron chi connectivity index (χ3n) is 8.16. The lowest BCUT2D eigenvalue weighted by Gasteiger charge is -2.15. The molecule has 0 spiro atoms. The minimum absolute atomic E-state index is 0.0288. The monoisotopic (exact) mass is 646 g/mol. The van der Waals surface area contributed by atoms with Gasteiger partial charge in [0.2, 0.25) is 6.17 Å². The average molecular weight is 647 g/mol. The number of carbonyl (C=O) groups is 1. The van der Waals surface area contributed by atoms with Gasteiger partial charge in [0.05, 0.1) is 16.3 Å². The van der Waals surface area contributed by atoms with Gasteiger partial charge in [-0.3, -0.25) is 4.79 Å². The van der Waals surface area contributed by atoms with Gasteiger partial charge >= 0.3 is 12.2 Å². The van der Waals surface area contributed by atoms with E-state index in [-0.39, 0.29) is 41.1 Å². The molecule has 2 aromatic carbocycles. The van der Waals surface area contributed by atoms with Crippen LogP contribution >= 0.6 is 11.3 Å². The Morgan fingerprint density at radius 1 is 0.978 bits per heavy atom. The van der Waals surface area contributed by atoms with E-state index in [0.29, 0.717) is 39.0 Å². The second kappa shape index (κ2) is 10.5. The van der Waals surface area contributed by atoms with Crippen LogP contribution in [0.25, 0.3) is 22.0 Å². The van der Waals surface area contributed by atoms with Gasteiger partial charge in [-0.1, -0.05) is 47.6 Å². The molecule has 3 aromatic heterocycles. The van der Waals surface area contributed by atoms with Crippen LogP contribution in [-0.2, 0) is 10.2 Å². The molecule has 15 heteroatoms. The van der Waals surface area contributed by atoms with Gasteiger partial charge in [-0.05, 0) is 31.7 Å². The Labute approximate surface area is 262 Å². The number of benzene rings is 2. The van der Waals surface area contributed by atoms with E-state index < -0.39 is 29.5 Å². The van der Waals surface area contributed by atoms with E-state index in [9.17, 15) is 22.4 Å². The molecule has 2 aliphatic carbocycles. The minimum atomic E-state index is -4.48. The first-order chi connectivity index (χ1) is 22.2. The zero-order valence-electron chi connectivity index (χ0n) is 23.7. The standard InChI is InChI=1S/C31H22F4N8O2S/c32-19-8-4-7-18-20(15-5-2-1-3-6-15)38-25(26(44)39-21(18)19)41-29-43-42-27(45-29)22-23(17-13-36-24(37-14-17)16-9-10-16)46-28(40-22)30(11-12-30)31(33,34)35/h1-8,13-14,16,25H,9-12H2,(H,39,44)(H,41,43)/t25-/m1/s1. The number of para-hydroxylation sites is 1. The van der Waals surface area contributed by atoms with E-state index in [1.165, 1.54) is 12.1 Å². The molecular weight excluding hydrogens is 624 g/mol. The molecule has 2 N–H and O–H groups in total. The lowest BCUT2D eigenvalue weighted by atomic mass is 10.0. The fourth-order valence-electron chi connectivity index (χ4n) is 5.33. The van der Waals surface area contributed by atoms with Crippen molar-refractivity contribution in [2.45, 2.75) is 49.4 Å². The van der Waals surface area contributed by atoms with E-state index in [4.69, 9.17) is 4.42 Å². The van der Waals surface area contributed by atoms with Crippen LogP contribution in [0.5, 0.6) is 0 Å². The number of amides is 1. The van der Waals surface area contributed by atoms with Crippen LogP contribution in [0.3, 0.4) is 0 Å². The summed E-state index contributed by atoms with van der Waals surface area (Å²) in [5.74, 6) is -0.510. The Hall–Kier alpha value is -5.05. The molecule has 46 heavy (non-hydrogen) atoms. The second-order valence-electron chi connectivity index (χ2n) is 11.3. The summed E-state index contributed by atoms with van der Waals surface area (Å²) in [5, 5.41) is 13.3. The first-order valence-corrected chi connectivity index (χ1v) is 15.3. The Morgan fingerprint density at radius 3 is 2.43 bits per heavy atom. The molecule has 4 heterocycles. The Bertz CT molecular complexity index is 2000. The smallest absolute Gasteiger partial charge is 0.400 e. The summed E-state index contributed by atoms with van der Waals surface area (Å²) in [7, 11) is 0. The molecule has 1 amide bonds. The molecule has 3 aliphatic rings. The molecular formula is C31H22F4N8O2S. The number of nitrogens with zero attached hydrogens (tertiary/aromatic N) is 6. The molecule has 10 nitrogen and oxygen atoms in total. The third-order valence-corrected chi connectivity index (χ3v) is 9.47. The highest BCUT2D eigenvalue weighted by atomic mass is 32.1. The van der Waals surface area contributed by atoms with Crippen molar-refractivity contribution >= 4 is 34.7 Å². The maximum Gasteiger partial charge on any atom is 0.400 e. The van der Waals surface area contributed by atoms with Crippen molar-refractivity contribution < 1.29 is 26.8 Å². The Morgan fingerprint density at radius 2 is 1.74 bits per heavy atom. The maximum atomic E-state index is 14.8. The van der Waals surface area contributed by atoms with Crippen LogP contribution in [0.15, 0.2) is 70.3 Å². The second-order valence-corrected chi connectivity index (χ2v) is 12.3. The van der Waals surface area contributed by atoms with Crippen molar-refractivity contribution in [3.05, 3.63) is 88.7 Å². The van der Waals surface area contributed by atoms with E-state index >= 15 is 0 Å². The summed E-state index contributed by atoms with van der Waals surface area (Å²) in [6, 6.07) is 13.1. The first-order valence-electron chi connectivity index (χ1n) is 14.4. The van der Waals surface area contributed by atoms with Gasteiger partial charge in [-0.15, -0.1) is 16.4 Å². The Balaban J connectivity index is 1.15. The van der Waals surface area contributed by atoms with Gasteiger partial charge in [0.1, 0.15) is 27.8 Å². The van der Waals surface area contributed by atoms with E-state index in [0.717, 1.165) is 24.2 Å². The molecule has 232 valence electrons. The number of halogens is 4. The van der Waals surface area contributed by atoms with Crippen LogP contribution in [0, 0.1) is 5.82 Å². The number of hydrogen-bond donors (Lipinski definition) is 2. The van der Waals surface area contributed by atoms with Crippen molar-refractivity contribution in [2.24, 2.45) is 4.99 Å². The molecule has 2 fully saturated rings. The fourth-order valence-corrected chi connectivity index (χ4v) is 6.63. The lowest BCUT2D eigenvalue weighted by Crippen LogP contribution is -2.32. The number of carbonyl (C=O) groups excluding carboxylic acids is 1. The molecule has 1 atom stereocenters. The zero-order valence-corrected chi connectivity index (χ0v) is 24.5. The summed E-state index contributed by atoms with van der Waals surface area (Å²) in [5.41, 5.74) is -0.194. The zero-order chi connectivity index (χ0) is 31.6. The number of benzodiazepines with no additional fused rings is 1. The molecule has 8 rings (SSSR count). The highest BCUT2D eigenvalue weighted by Gasteiger charge is 2.66. The first kappa shape index (κ1) is 28.4. The van der Waals surface area contributed by atoms with E-state index in [2.05, 4.69) is 40.8 Å². The largest absolute Gasteiger partial charge is 0.402 e. The van der Waals surface area contributed by atoms with Crippen LogP contribution in [0.1, 0.15) is 53.6 Å². The van der Waals surface area contributed by atoms with Crippen LogP contribution in [0.2, 0.25) is 0 Å². The van der Waals surface area contributed by atoms with E-state index in [1.54, 1.807) is 42.7 Å². The van der Waals surface area contributed by atoms with Gasteiger partial charge in [0.15, 0.2) is 0 Å². The molecule has 2 saturated carbocycles. The van der Waals surface area contributed by atoms with Crippen molar-refractivity contribution in [3.63, 3.8) is 0 Å². The number of aliphatic imine (C=N–C) groups is 1. The van der Waals surface area contributed by atoms with E-state index in [1.807, 2.05) is 6.07 Å². The SMILES string of the molecule is O=C1Nc2c(F)cccc2C(c2ccccc2)=N[C@@H]1Nc1nnc(-c2nc(C3(C(F)(F)F)CC3)sc2-c2cnc(C3CC3)nc2)o1. The van der Waals surface area contributed by atoms with Crippen molar-refractivity contribution in [2.75, 3.05) is 10.6 Å². The predicted molar refractivity (Wildman–Crippen MR) is 160 cm³/mol. The number of rotatable bonds is 7. The maximum absolute atomic E-state index is 14.8. The average Bonchev–Trinajstić information content (AvgIpc) is 3.98. The van der Waals surface area contributed by atoms with Gasteiger partial charge in [0.25, 0.3) is 11.8 Å². The number of alkyl halides is 3. The van der Waals surface area contributed by atoms with Crippen molar-refractivity contribution in [1.82, 2.24) is 25.1 Å².